The smallest absolute Gasteiger partial charge is 0.119 e. The minimum Gasteiger partial charge on any atom is -0.493 e. The highest BCUT2D eigenvalue weighted by Gasteiger charge is 2.20. The second-order valence-corrected chi connectivity index (χ2v) is 4.91. The van der Waals surface area contributed by atoms with Crippen molar-refractivity contribution in [2.75, 3.05) is 19.8 Å². The number of ether oxygens (including phenoxy) is 2. The molecule has 0 amide bonds. The maximum Gasteiger partial charge on any atom is 0.119 e. The van der Waals surface area contributed by atoms with E-state index in [1.807, 2.05) is 12.1 Å². The molecule has 0 spiro atoms. The van der Waals surface area contributed by atoms with Gasteiger partial charge in [0.2, 0.25) is 0 Å². The van der Waals surface area contributed by atoms with E-state index in [4.69, 9.17) is 14.7 Å². The van der Waals surface area contributed by atoms with Crippen LogP contribution in [0, 0.1) is 5.92 Å². The van der Waals surface area contributed by atoms with E-state index >= 15 is 0 Å². The predicted octanol–water partition coefficient (Wildman–Crippen LogP) is 2.23. The lowest BCUT2D eigenvalue weighted by molar-refractivity contribution is 0.167. The first kappa shape index (κ1) is 11.5. The average molecular weight is 247 g/mol. The monoisotopic (exact) mass is 247 g/mol. The molecule has 3 rings (SSSR count). The Morgan fingerprint density at radius 3 is 3.11 bits per heavy atom. The van der Waals surface area contributed by atoms with E-state index in [1.165, 1.54) is 5.56 Å². The molecular weight excluding hydrogens is 230 g/mol. The van der Waals surface area contributed by atoms with Gasteiger partial charge in [-0.15, -0.1) is 0 Å². The fraction of sp³-hybridized carbons (Fsp3) is 0.500. The second-order valence-electron chi connectivity index (χ2n) is 4.91. The zero-order valence-corrected chi connectivity index (χ0v) is 10.3. The molecule has 1 aromatic carbocycles. The Morgan fingerprint density at radius 1 is 1.39 bits per heavy atom. The quantitative estimate of drug-likeness (QED) is 0.658. The van der Waals surface area contributed by atoms with Crippen LogP contribution in [0.15, 0.2) is 23.4 Å². The van der Waals surface area contributed by atoms with Crippen molar-refractivity contribution >= 4 is 5.71 Å². The van der Waals surface area contributed by atoms with Gasteiger partial charge in [0, 0.05) is 18.1 Å². The number of benzene rings is 1. The van der Waals surface area contributed by atoms with Crippen LogP contribution in [0.25, 0.3) is 0 Å². The van der Waals surface area contributed by atoms with Crippen molar-refractivity contribution in [3.63, 3.8) is 0 Å². The highest BCUT2D eigenvalue weighted by Crippen LogP contribution is 2.27. The van der Waals surface area contributed by atoms with Gasteiger partial charge in [-0.3, -0.25) is 0 Å². The van der Waals surface area contributed by atoms with Crippen LogP contribution in [0.2, 0.25) is 0 Å². The summed E-state index contributed by atoms with van der Waals surface area (Å²) in [5.41, 5.74) is 3.04. The van der Waals surface area contributed by atoms with E-state index < -0.39 is 0 Å². The molecule has 2 aliphatic rings. The molecule has 4 nitrogen and oxygen atoms in total. The zero-order valence-electron chi connectivity index (χ0n) is 10.3. The Balaban J connectivity index is 1.67. The van der Waals surface area contributed by atoms with Crippen molar-refractivity contribution in [2.24, 2.45) is 11.1 Å². The Labute approximate surface area is 106 Å². The van der Waals surface area contributed by atoms with E-state index in [2.05, 4.69) is 11.2 Å². The molecule has 0 saturated carbocycles. The van der Waals surface area contributed by atoms with Crippen molar-refractivity contribution in [3.8, 4) is 5.75 Å². The molecule has 0 bridgehead atoms. The molecule has 1 aliphatic heterocycles. The zero-order chi connectivity index (χ0) is 12.4. The topological polar surface area (TPSA) is 51.1 Å². The van der Waals surface area contributed by atoms with Crippen molar-refractivity contribution in [1.82, 2.24) is 0 Å². The first-order valence-corrected chi connectivity index (χ1v) is 6.41. The molecule has 1 atom stereocenters. The van der Waals surface area contributed by atoms with Gasteiger partial charge in [-0.05, 0) is 43.0 Å². The summed E-state index contributed by atoms with van der Waals surface area (Å²) in [6.07, 6.45) is 2.83. The highest BCUT2D eigenvalue weighted by atomic mass is 16.5. The number of hydrogen-bond acceptors (Lipinski definition) is 4. The van der Waals surface area contributed by atoms with Crippen LogP contribution in [0.4, 0.5) is 0 Å². The Hall–Kier alpha value is -1.55. The van der Waals surface area contributed by atoms with Gasteiger partial charge in [0.15, 0.2) is 0 Å². The molecule has 1 heterocycles. The number of aryl methyl sites for hydroxylation is 1. The van der Waals surface area contributed by atoms with Crippen LogP contribution in [0.3, 0.4) is 0 Å². The molecule has 0 aromatic heterocycles. The number of rotatable bonds is 3. The van der Waals surface area contributed by atoms with Gasteiger partial charge in [-0.2, -0.15) is 0 Å². The third-order valence-electron chi connectivity index (χ3n) is 3.65. The highest BCUT2D eigenvalue weighted by molar-refractivity contribution is 6.04. The molecular formula is C14H17NO3. The first-order valence-electron chi connectivity index (χ1n) is 6.41. The second kappa shape index (κ2) is 4.98. The van der Waals surface area contributed by atoms with Gasteiger partial charge >= 0.3 is 0 Å². The largest absolute Gasteiger partial charge is 0.493 e. The average Bonchev–Trinajstić information content (AvgIpc) is 3.05. The fourth-order valence-corrected chi connectivity index (χ4v) is 2.57. The number of fused-ring (bicyclic) bond motifs is 1. The number of nitrogens with zero attached hydrogens (tertiary/aromatic N) is 1. The lowest BCUT2D eigenvalue weighted by Crippen LogP contribution is -2.11. The Morgan fingerprint density at radius 2 is 2.33 bits per heavy atom. The Bertz CT molecular complexity index is 464. The summed E-state index contributed by atoms with van der Waals surface area (Å²) in [5, 5.41) is 12.2. The number of hydrogen-bond donors (Lipinski definition) is 1. The lowest BCUT2D eigenvalue weighted by atomic mass is 10.1. The minimum absolute atomic E-state index is 0.521. The summed E-state index contributed by atoms with van der Waals surface area (Å²) in [7, 11) is 0. The van der Waals surface area contributed by atoms with E-state index in [1.54, 1.807) is 0 Å². The summed E-state index contributed by atoms with van der Waals surface area (Å²) in [6.45, 7) is 2.39. The molecule has 1 aromatic rings. The Kier molecular flexibility index (Phi) is 3.19. The summed E-state index contributed by atoms with van der Waals surface area (Å²) < 4.78 is 11.1. The summed E-state index contributed by atoms with van der Waals surface area (Å²) in [6, 6.07) is 5.99. The SMILES string of the molecule is O/N=C1/CCc2cc(OCC3CCOC3)ccc21. The van der Waals surface area contributed by atoms with E-state index in [0.29, 0.717) is 5.92 Å². The molecule has 4 heteroatoms. The van der Waals surface area contributed by atoms with Crippen LogP contribution >= 0.6 is 0 Å². The third-order valence-corrected chi connectivity index (χ3v) is 3.65. The molecule has 1 fully saturated rings. The minimum atomic E-state index is 0.521. The fourth-order valence-electron chi connectivity index (χ4n) is 2.57. The summed E-state index contributed by atoms with van der Waals surface area (Å²) in [4.78, 5) is 0. The van der Waals surface area contributed by atoms with E-state index in [0.717, 1.165) is 56.1 Å². The maximum atomic E-state index is 8.87. The molecule has 0 radical (unpaired) electrons. The number of oxime groups is 1. The van der Waals surface area contributed by atoms with Crippen molar-refractivity contribution < 1.29 is 14.7 Å². The maximum absolute atomic E-state index is 8.87. The predicted molar refractivity (Wildman–Crippen MR) is 67.5 cm³/mol. The van der Waals surface area contributed by atoms with Crippen LogP contribution in [-0.2, 0) is 11.2 Å². The molecule has 1 N–H and O–H groups in total. The third kappa shape index (κ3) is 2.20. The van der Waals surface area contributed by atoms with Gasteiger partial charge in [0.05, 0.1) is 18.9 Å². The summed E-state index contributed by atoms with van der Waals surface area (Å²) >= 11 is 0. The molecule has 18 heavy (non-hydrogen) atoms. The van der Waals surface area contributed by atoms with E-state index in [-0.39, 0.29) is 0 Å². The molecule has 1 saturated heterocycles. The van der Waals surface area contributed by atoms with Gasteiger partial charge in [-0.25, -0.2) is 0 Å². The van der Waals surface area contributed by atoms with Gasteiger partial charge in [0.1, 0.15) is 5.75 Å². The molecule has 96 valence electrons. The molecule has 1 unspecified atom stereocenters. The van der Waals surface area contributed by atoms with Crippen LogP contribution < -0.4 is 4.74 Å². The molecule has 1 aliphatic carbocycles. The van der Waals surface area contributed by atoms with Crippen LogP contribution in [0.5, 0.6) is 5.75 Å². The van der Waals surface area contributed by atoms with Crippen molar-refractivity contribution in [2.45, 2.75) is 19.3 Å². The van der Waals surface area contributed by atoms with Gasteiger partial charge < -0.3 is 14.7 Å². The van der Waals surface area contributed by atoms with Gasteiger partial charge in [-0.1, -0.05) is 5.16 Å². The van der Waals surface area contributed by atoms with Gasteiger partial charge in [0.25, 0.3) is 0 Å². The van der Waals surface area contributed by atoms with E-state index in [9.17, 15) is 0 Å². The summed E-state index contributed by atoms with van der Waals surface area (Å²) in [5.74, 6) is 1.42. The lowest BCUT2D eigenvalue weighted by Gasteiger charge is -2.11. The standard InChI is InChI=1S/C14H17NO3/c16-15-14-4-1-11-7-12(2-3-13(11)14)18-9-10-5-6-17-8-10/h2-3,7,10,16H,1,4-6,8-9H2/b15-14-. The first-order chi connectivity index (χ1) is 8.86. The van der Waals surface area contributed by atoms with Crippen molar-refractivity contribution in [1.29, 1.82) is 0 Å². The van der Waals surface area contributed by atoms with Crippen LogP contribution in [-0.4, -0.2) is 30.7 Å². The van der Waals surface area contributed by atoms with Crippen LogP contribution in [0.1, 0.15) is 24.0 Å². The van der Waals surface area contributed by atoms with Crippen molar-refractivity contribution in [3.05, 3.63) is 29.3 Å². The normalized spacial score (nSPS) is 24.4.